The lowest BCUT2D eigenvalue weighted by Gasteiger charge is -2.31. The second-order valence-electron chi connectivity index (χ2n) is 10.2. The number of likely N-dealkylation sites (N-methyl/N-ethyl adjacent to an activating group) is 2. The lowest BCUT2D eigenvalue weighted by Crippen LogP contribution is -2.37. The van der Waals surface area contributed by atoms with Gasteiger partial charge in [0, 0.05) is 33.2 Å². The van der Waals surface area contributed by atoms with Gasteiger partial charge in [-0.15, -0.1) is 0 Å². The fraction of sp³-hybridized carbons (Fsp3) is 0.731. The number of nitrogens with zero attached hydrogens (tertiary/aromatic N) is 2. The van der Waals surface area contributed by atoms with Gasteiger partial charge in [0.05, 0.1) is 18.6 Å². The van der Waals surface area contributed by atoms with Crippen molar-refractivity contribution in [3.05, 3.63) is 23.3 Å². The van der Waals surface area contributed by atoms with Gasteiger partial charge in [0.2, 0.25) is 15.9 Å². The molecule has 1 aliphatic carbocycles. The van der Waals surface area contributed by atoms with Gasteiger partial charge in [0.1, 0.15) is 12.4 Å². The summed E-state index contributed by atoms with van der Waals surface area (Å²) >= 11 is 0. The molecule has 35 heavy (non-hydrogen) atoms. The molecule has 1 amide bonds. The molecule has 1 aliphatic rings. The van der Waals surface area contributed by atoms with Crippen molar-refractivity contribution < 1.29 is 22.7 Å². The van der Waals surface area contributed by atoms with Crippen LogP contribution in [0.15, 0.2) is 17.0 Å². The molecule has 2 rings (SSSR count). The third-order valence-corrected chi connectivity index (χ3v) is 9.02. The van der Waals surface area contributed by atoms with Crippen LogP contribution in [0.5, 0.6) is 5.75 Å². The molecule has 0 atom stereocenters. The Kier molecular flexibility index (Phi) is 11.5. The molecule has 0 unspecified atom stereocenters. The van der Waals surface area contributed by atoms with E-state index in [0.717, 1.165) is 31.8 Å². The fourth-order valence-electron chi connectivity index (χ4n) is 4.68. The highest BCUT2D eigenvalue weighted by Gasteiger charge is 2.26. The van der Waals surface area contributed by atoms with Crippen molar-refractivity contribution in [2.45, 2.75) is 64.3 Å². The van der Waals surface area contributed by atoms with Crippen molar-refractivity contribution >= 4 is 15.9 Å². The zero-order valence-corrected chi connectivity index (χ0v) is 23.4. The van der Waals surface area contributed by atoms with Crippen LogP contribution >= 0.6 is 0 Å². The maximum atomic E-state index is 13.1. The standard InChI is InChI=1S/C26H45N3O5S/c1-19(2)27-16-22-8-10-23(11-9-22)17-28(5)25(30)18-34-13-12-29(6)35(31,32)26-20(3)14-24(33-7)15-21(26)4/h14-15,19,22-23,27H,8-13,16-18H2,1-7H3/t22-,23-. The van der Waals surface area contributed by atoms with Gasteiger partial charge < -0.3 is 19.7 Å². The Morgan fingerprint density at radius 3 is 2.20 bits per heavy atom. The van der Waals surface area contributed by atoms with Crippen LogP contribution in [0.25, 0.3) is 0 Å². The summed E-state index contributed by atoms with van der Waals surface area (Å²) in [6.07, 6.45) is 4.71. The molecular weight excluding hydrogens is 466 g/mol. The molecule has 1 N–H and O–H groups in total. The van der Waals surface area contributed by atoms with Gasteiger partial charge in [-0.25, -0.2) is 8.42 Å². The number of carbonyl (C=O) groups is 1. The zero-order chi connectivity index (χ0) is 26.2. The van der Waals surface area contributed by atoms with Crippen LogP contribution in [0, 0.1) is 25.7 Å². The molecule has 1 aromatic rings. The fourth-order valence-corrected chi connectivity index (χ4v) is 6.24. The predicted octanol–water partition coefficient (Wildman–Crippen LogP) is 3.21. The summed E-state index contributed by atoms with van der Waals surface area (Å²) in [5, 5.41) is 3.53. The second-order valence-corrected chi connectivity index (χ2v) is 12.2. The first-order valence-corrected chi connectivity index (χ1v) is 14.1. The summed E-state index contributed by atoms with van der Waals surface area (Å²) in [6.45, 7) is 9.97. The number of methoxy groups -OCH3 is 1. The van der Waals surface area contributed by atoms with E-state index in [4.69, 9.17) is 9.47 Å². The average Bonchev–Trinajstić information content (AvgIpc) is 2.80. The second kappa shape index (κ2) is 13.6. The Bertz CT molecular complexity index is 904. The third kappa shape index (κ3) is 8.74. The molecule has 1 saturated carbocycles. The van der Waals surface area contributed by atoms with Gasteiger partial charge in [0.15, 0.2) is 0 Å². The van der Waals surface area contributed by atoms with Crippen molar-refractivity contribution in [1.29, 1.82) is 0 Å². The smallest absolute Gasteiger partial charge is 0.248 e. The van der Waals surface area contributed by atoms with E-state index in [9.17, 15) is 13.2 Å². The Balaban J connectivity index is 1.74. The molecule has 8 nitrogen and oxygen atoms in total. The highest BCUT2D eigenvalue weighted by atomic mass is 32.2. The summed E-state index contributed by atoms with van der Waals surface area (Å²) in [7, 11) is 1.23. The van der Waals surface area contributed by atoms with E-state index in [1.54, 1.807) is 38.0 Å². The number of aryl methyl sites for hydroxylation is 2. The lowest BCUT2D eigenvalue weighted by molar-refractivity contribution is -0.135. The summed E-state index contributed by atoms with van der Waals surface area (Å²) in [5.41, 5.74) is 1.27. The zero-order valence-electron chi connectivity index (χ0n) is 22.6. The van der Waals surface area contributed by atoms with Gasteiger partial charge in [-0.05, 0) is 81.2 Å². The van der Waals surface area contributed by atoms with Crippen molar-refractivity contribution in [2.24, 2.45) is 11.8 Å². The molecular formula is C26H45N3O5S. The van der Waals surface area contributed by atoms with Gasteiger partial charge in [-0.3, -0.25) is 4.79 Å². The van der Waals surface area contributed by atoms with Gasteiger partial charge in [-0.2, -0.15) is 4.31 Å². The van der Waals surface area contributed by atoms with Gasteiger partial charge in [-0.1, -0.05) is 13.8 Å². The minimum absolute atomic E-state index is 0.0430. The normalized spacial score (nSPS) is 18.8. The molecule has 1 aromatic carbocycles. The minimum Gasteiger partial charge on any atom is -0.497 e. The van der Waals surface area contributed by atoms with Crippen molar-refractivity contribution in [3.8, 4) is 5.75 Å². The Morgan fingerprint density at radius 2 is 1.66 bits per heavy atom. The predicted molar refractivity (Wildman–Crippen MR) is 139 cm³/mol. The van der Waals surface area contributed by atoms with Crippen molar-refractivity contribution in [1.82, 2.24) is 14.5 Å². The maximum Gasteiger partial charge on any atom is 0.248 e. The first-order valence-electron chi connectivity index (χ1n) is 12.6. The third-order valence-electron chi connectivity index (χ3n) is 6.85. The van der Waals surface area contributed by atoms with Crippen LogP contribution in [0.4, 0.5) is 0 Å². The molecule has 0 aliphatic heterocycles. The number of ether oxygens (including phenoxy) is 2. The number of hydrogen-bond acceptors (Lipinski definition) is 6. The number of nitrogens with one attached hydrogen (secondary N) is 1. The van der Waals surface area contributed by atoms with Crippen LogP contribution in [0.2, 0.25) is 0 Å². The molecule has 0 spiro atoms. The molecule has 0 heterocycles. The van der Waals surface area contributed by atoms with E-state index in [2.05, 4.69) is 19.2 Å². The molecule has 9 heteroatoms. The molecule has 0 saturated heterocycles. The monoisotopic (exact) mass is 511 g/mol. The van der Waals surface area contributed by atoms with Crippen LogP contribution in [-0.2, 0) is 19.6 Å². The SMILES string of the molecule is COc1cc(C)c(S(=O)(=O)N(C)CCOCC(=O)N(C)C[C@H]2CC[C@H](CNC(C)C)CC2)c(C)c1. The van der Waals surface area contributed by atoms with Crippen LogP contribution in [0.3, 0.4) is 0 Å². The van der Waals surface area contributed by atoms with E-state index in [1.807, 2.05) is 7.05 Å². The average molecular weight is 512 g/mol. The number of carbonyl (C=O) groups excluding carboxylic acids is 1. The Hall–Kier alpha value is -1.68. The van der Waals surface area contributed by atoms with Crippen LogP contribution in [0.1, 0.15) is 50.7 Å². The molecule has 0 bridgehead atoms. The lowest BCUT2D eigenvalue weighted by atomic mass is 9.81. The topological polar surface area (TPSA) is 88.2 Å². The molecule has 200 valence electrons. The quantitative estimate of drug-likeness (QED) is 0.409. The largest absolute Gasteiger partial charge is 0.497 e. The molecule has 0 radical (unpaired) electrons. The number of benzene rings is 1. The van der Waals surface area contributed by atoms with E-state index < -0.39 is 10.0 Å². The summed E-state index contributed by atoms with van der Waals surface area (Å²) in [5.74, 6) is 1.83. The maximum absolute atomic E-state index is 13.1. The van der Waals surface area contributed by atoms with Crippen molar-refractivity contribution in [3.63, 3.8) is 0 Å². The summed E-state index contributed by atoms with van der Waals surface area (Å²) < 4.78 is 38.2. The van der Waals surface area contributed by atoms with E-state index in [0.29, 0.717) is 28.8 Å². The van der Waals surface area contributed by atoms with Crippen molar-refractivity contribution in [2.75, 3.05) is 54.1 Å². The highest BCUT2D eigenvalue weighted by molar-refractivity contribution is 7.89. The first-order chi connectivity index (χ1) is 16.4. The summed E-state index contributed by atoms with van der Waals surface area (Å²) in [6, 6.07) is 3.95. The van der Waals surface area contributed by atoms with E-state index in [-0.39, 0.29) is 30.6 Å². The Labute approximate surface area is 212 Å². The number of rotatable bonds is 13. The van der Waals surface area contributed by atoms with Crippen LogP contribution < -0.4 is 10.1 Å². The van der Waals surface area contributed by atoms with Gasteiger partial charge >= 0.3 is 0 Å². The molecule has 0 aromatic heterocycles. The number of amides is 1. The van der Waals surface area contributed by atoms with Crippen LogP contribution in [-0.4, -0.2) is 83.6 Å². The minimum atomic E-state index is -3.68. The van der Waals surface area contributed by atoms with E-state index in [1.165, 1.54) is 24.2 Å². The number of hydrogen-bond donors (Lipinski definition) is 1. The molecule has 1 fully saturated rings. The number of sulfonamides is 1. The summed E-state index contributed by atoms with van der Waals surface area (Å²) in [4.78, 5) is 14.6. The van der Waals surface area contributed by atoms with E-state index >= 15 is 0 Å². The first kappa shape index (κ1) is 29.5. The highest BCUT2D eigenvalue weighted by Crippen LogP contribution is 2.29. The Morgan fingerprint density at radius 1 is 1.09 bits per heavy atom. The van der Waals surface area contributed by atoms with Gasteiger partial charge in [0.25, 0.3) is 0 Å².